The van der Waals surface area contributed by atoms with Crippen molar-refractivity contribution in [2.45, 2.75) is 39.2 Å². The van der Waals surface area contributed by atoms with Gasteiger partial charge in [-0.15, -0.1) is 0 Å². The summed E-state index contributed by atoms with van der Waals surface area (Å²) in [4.78, 5) is 11.9. The van der Waals surface area contributed by atoms with Gasteiger partial charge in [0, 0.05) is 16.2 Å². The molecule has 3 nitrogen and oxygen atoms in total. The molecule has 4 heteroatoms. The van der Waals surface area contributed by atoms with Crippen LogP contribution < -0.4 is 10.6 Å². The van der Waals surface area contributed by atoms with Gasteiger partial charge in [-0.1, -0.05) is 29.8 Å². The average molecular weight is 339 g/mol. The highest BCUT2D eigenvalue weighted by molar-refractivity contribution is 9.10. The van der Waals surface area contributed by atoms with Crippen molar-refractivity contribution >= 4 is 27.5 Å². The van der Waals surface area contributed by atoms with Gasteiger partial charge in [-0.05, 0) is 55.4 Å². The van der Waals surface area contributed by atoms with Gasteiger partial charge < -0.3 is 10.6 Å². The Bertz CT molecular complexity index is 436. The predicted molar refractivity (Wildman–Crippen MR) is 86.7 cm³/mol. The number of amides is 1. The van der Waals surface area contributed by atoms with Crippen molar-refractivity contribution < 1.29 is 4.79 Å². The van der Waals surface area contributed by atoms with Crippen molar-refractivity contribution in [3.63, 3.8) is 0 Å². The third kappa shape index (κ3) is 4.91. The number of anilines is 1. The summed E-state index contributed by atoms with van der Waals surface area (Å²) >= 11 is 3.38. The molecule has 110 valence electrons. The Morgan fingerprint density at radius 3 is 2.35 bits per heavy atom. The van der Waals surface area contributed by atoms with Gasteiger partial charge >= 0.3 is 0 Å². The van der Waals surface area contributed by atoms with Crippen LogP contribution in [0.3, 0.4) is 0 Å². The van der Waals surface area contributed by atoms with E-state index in [0.717, 1.165) is 22.0 Å². The van der Waals surface area contributed by atoms with Gasteiger partial charge in [0.1, 0.15) is 0 Å². The van der Waals surface area contributed by atoms with Gasteiger partial charge in [0.05, 0.1) is 6.54 Å². The SMILES string of the molecule is CC1CC(C)CC(NCC(=O)Nc2ccc(Br)cc2)C1. The Balaban J connectivity index is 1.76. The Hall–Kier alpha value is -0.870. The molecule has 2 atom stereocenters. The van der Waals surface area contributed by atoms with E-state index in [-0.39, 0.29) is 5.91 Å². The second-order valence-electron chi connectivity index (χ2n) is 6.05. The first-order valence-corrected chi connectivity index (χ1v) is 8.11. The molecule has 0 radical (unpaired) electrons. The van der Waals surface area contributed by atoms with E-state index in [0.29, 0.717) is 12.6 Å². The van der Waals surface area contributed by atoms with Gasteiger partial charge in [0.25, 0.3) is 0 Å². The van der Waals surface area contributed by atoms with Crippen molar-refractivity contribution in [2.24, 2.45) is 11.8 Å². The van der Waals surface area contributed by atoms with Crippen molar-refractivity contribution in [3.05, 3.63) is 28.7 Å². The molecule has 0 bridgehead atoms. The molecule has 1 aromatic rings. The van der Waals surface area contributed by atoms with Gasteiger partial charge in [-0.2, -0.15) is 0 Å². The molecule has 20 heavy (non-hydrogen) atoms. The zero-order valence-electron chi connectivity index (χ0n) is 12.2. The van der Waals surface area contributed by atoms with Crippen LogP contribution in [0.4, 0.5) is 5.69 Å². The first-order valence-electron chi connectivity index (χ1n) is 7.31. The maximum Gasteiger partial charge on any atom is 0.238 e. The molecule has 0 aliphatic heterocycles. The minimum Gasteiger partial charge on any atom is -0.325 e. The fourth-order valence-electron chi connectivity index (χ4n) is 3.09. The number of halogens is 1. The lowest BCUT2D eigenvalue weighted by molar-refractivity contribution is -0.115. The molecule has 2 rings (SSSR count). The number of hydrogen-bond donors (Lipinski definition) is 2. The second-order valence-corrected chi connectivity index (χ2v) is 6.97. The molecule has 1 aliphatic carbocycles. The average Bonchev–Trinajstić information content (AvgIpc) is 2.38. The molecule has 0 aromatic heterocycles. The number of hydrogen-bond acceptors (Lipinski definition) is 2. The van der Waals surface area contributed by atoms with Crippen molar-refractivity contribution in [1.29, 1.82) is 0 Å². The van der Waals surface area contributed by atoms with Gasteiger partial charge in [-0.25, -0.2) is 0 Å². The van der Waals surface area contributed by atoms with E-state index in [1.807, 2.05) is 24.3 Å². The fourth-order valence-corrected chi connectivity index (χ4v) is 3.35. The lowest BCUT2D eigenvalue weighted by atomic mass is 9.80. The van der Waals surface area contributed by atoms with Crippen LogP contribution in [0, 0.1) is 11.8 Å². The highest BCUT2D eigenvalue weighted by Crippen LogP contribution is 2.28. The Labute approximate surface area is 129 Å². The molecular formula is C16H23BrN2O. The topological polar surface area (TPSA) is 41.1 Å². The minimum atomic E-state index is 0.0261. The molecule has 0 heterocycles. The Kier molecular flexibility index (Phi) is 5.61. The van der Waals surface area contributed by atoms with Crippen molar-refractivity contribution in [2.75, 3.05) is 11.9 Å². The molecule has 1 aliphatic rings. The Morgan fingerprint density at radius 2 is 1.75 bits per heavy atom. The second kappa shape index (κ2) is 7.23. The molecule has 1 fully saturated rings. The molecule has 2 N–H and O–H groups in total. The summed E-state index contributed by atoms with van der Waals surface area (Å²) in [5, 5.41) is 6.30. The molecule has 0 saturated heterocycles. The molecule has 2 unspecified atom stereocenters. The third-order valence-corrected chi connectivity index (χ3v) is 4.39. The van der Waals surface area contributed by atoms with Crippen LogP contribution in [0.2, 0.25) is 0 Å². The summed E-state index contributed by atoms with van der Waals surface area (Å²) < 4.78 is 1.01. The van der Waals surface area contributed by atoms with Gasteiger partial charge in [-0.3, -0.25) is 4.79 Å². The monoisotopic (exact) mass is 338 g/mol. The van der Waals surface area contributed by atoms with Crippen LogP contribution in [-0.4, -0.2) is 18.5 Å². The van der Waals surface area contributed by atoms with Crippen LogP contribution in [0.1, 0.15) is 33.1 Å². The van der Waals surface area contributed by atoms with Crippen LogP contribution in [0.25, 0.3) is 0 Å². The van der Waals surface area contributed by atoms with Crippen LogP contribution in [0.15, 0.2) is 28.7 Å². The van der Waals surface area contributed by atoms with Gasteiger partial charge in [0.2, 0.25) is 5.91 Å². The first kappa shape index (κ1) is 15.5. The summed E-state index contributed by atoms with van der Waals surface area (Å²) in [5.74, 6) is 1.54. The van der Waals surface area contributed by atoms with E-state index in [4.69, 9.17) is 0 Å². The zero-order valence-corrected chi connectivity index (χ0v) is 13.7. The van der Waals surface area contributed by atoms with E-state index >= 15 is 0 Å². The van der Waals surface area contributed by atoms with Crippen molar-refractivity contribution in [1.82, 2.24) is 5.32 Å². The normalized spacial score (nSPS) is 26.2. The van der Waals surface area contributed by atoms with Gasteiger partial charge in [0.15, 0.2) is 0 Å². The summed E-state index contributed by atoms with van der Waals surface area (Å²) in [6.07, 6.45) is 3.66. The van der Waals surface area contributed by atoms with Crippen LogP contribution in [0.5, 0.6) is 0 Å². The smallest absolute Gasteiger partial charge is 0.238 e. The standard InChI is InChI=1S/C16H23BrN2O/c1-11-7-12(2)9-15(8-11)18-10-16(20)19-14-5-3-13(17)4-6-14/h3-6,11-12,15,18H,7-10H2,1-2H3,(H,19,20). The minimum absolute atomic E-state index is 0.0261. The molecular weight excluding hydrogens is 316 g/mol. The quantitative estimate of drug-likeness (QED) is 0.876. The molecule has 1 saturated carbocycles. The highest BCUT2D eigenvalue weighted by atomic mass is 79.9. The van der Waals surface area contributed by atoms with Crippen LogP contribution >= 0.6 is 15.9 Å². The largest absolute Gasteiger partial charge is 0.325 e. The lowest BCUT2D eigenvalue weighted by Gasteiger charge is -2.31. The fraction of sp³-hybridized carbons (Fsp3) is 0.562. The maximum absolute atomic E-state index is 11.9. The summed E-state index contributed by atoms with van der Waals surface area (Å²) in [6.45, 7) is 4.98. The molecule has 1 aromatic carbocycles. The van der Waals surface area contributed by atoms with E-state index in [1.165, 1.54) is 19.3 Å². The zero-order chi connectivity index (χ0) is 14.5. The highest BCUT2D eigenvalue weighted by Gasteiger charge is 2.23. The number of rotatable bonds is 4. The van der Waals surface area contributed by atoms with E-state index in [2.05, 4.69) is 40.4 Å². The summed E-state index contributed by atoms with van der Waals surface area (Å²) in [7, 11) is 0. The first-order chi connectivity index (χ1) is 9.52. The predicted octanol–water partition coefficient (Wildman–Crippen LogP) is 3.80. The summed E-state index contributed by atoms with van der Waals surface area (Å²) in [6, 6.07) is 8.12. The Morgan fingerprint density at radius 1 is 1.15 bits per heavy atom. The lowest BCUT2D eigenvalue weighted by Crippen LogP contribution is -2.40. The van der Waals surface area contributed by atoms with E-state index in [1.54, 1.807) is 0 Å². The molecule has 1 amide bonds. The van der Waals surface area contributed by atoms with Crippen molar-refractivity contribution in [3.8, 4) is 0 Å². The van der Waals surface area contributed by atoms with E-state index in [9.17, 15) is 4.79 Å². The third-order valence-electron chi connectivity index (χ3n) is 3.86. The van der Waals surface area contributed by atoms with E-state index < -0.39 is 0 Å². The van der Waals surface area contributed by atoms with Crippen LogP contribution in [-0.2, 0) is 4.79 Å². The summed E-state index contributed by atoms with van der Waals surface area (Å²) in [5.41, 5.74) is 0.838. The number of carbonyl (C=O) groups is 1. The number of benzene rings is 1. The number of nitrogens with one attached hydrogen (secondary N) is 2. The molecule has 0 spiro atoms. The number of carbonyl (C=O) groups excluding carboxylic acids is 1. The maximum atomic E-state index is 11.9.